The van der Waals surface area contributed by atoms with Crippen LogP contribution in [0.15, 0.2) is 18.2 Å². The summed E-state index contributed by atoms with van der Waals surface area (Å²) in [6.45, 7) is 0.395. The SMILES string of the molecule is Nc1cccc2c1CN(C1([O-])CCC[N+](=O)C1)C2=O. The number of nitroso groups, excluding NO2 is 1. The minimum Gasteiger partial charge on any atom is -0.829 e. The smallest absolute Gasteiger partial charge is 0.254 e. The molecule has 0 radical (unpaired) electrons. The number of benzene rings is 1. The molecule has 0 saturated carbocycles. The van der Waals surface area contributed by atoms with Crippen LogP contribution in [0.1, 0.15) is 28.8 Å². The zero-order valence-electron chi connectivity index (χ0n) is 10.5. The molecule has 1 atom stereocenters. The Kier molecular flexibility index (Phi) is 2.56. The van der Waals surface area contributed by atoms with Gasteiger partial charge in [-0.25, -0.2) is 0 Å². The molecule has 0 bridgehead atoms. The average molecular weight is 261 g/mol. The molecule has 2 aliphatic heterocycles. The lowest BCUT2D eigenvalue weighted by Crippen LogP contribution is -2.65. The predicted octanol–water partition coefficient (Wildman–Crippen LogP) is -0.146. The van der Waals surface area contributed by atoms with Crippen molar-refractivity contribution in [3.05, 3.63) is 34.2 Å². The predicted molar refractivity (Wildman–Crippen MR) is 66.1 cm³/mol. The van der Waals surface area contributed by atoms with E-state index in [2.05, 4.69) is 0 Å². The highest BCUT2D eigenvalue weighted by Gasteiger charge is 2.42. The van der Waals surface area contributed by atoms with Crippen LogP contribution in [-0.2, 0) is 6.54 Å². The minimum atomic E-state index is -1.64. The highest BCUT2D eigenvalue weighted by atomic mass is 16.3. The van der Waals surface area contributed by atoms with Gasteiger partial charge in [0.05, 0.1) is 0 Å². The summed E-state index contributed by atoms with van der Waals surface area (Å²) in [5.74, 6) is -0.312. The van der Waals surface area contributed by atoms with Gasteiger partial charge in [-0.2, -0.15) is 0 Å². The Morgan fingerprint density at radius 3 is 2.89 bits per heavy atom. The van der Waals surface area contributed by atoms with E-state index < -0.39 is 5.72 Å². The summed E-state index contributed by atoms with van der Waals surface area (Å²) < 4.78 is 0.746. The lowest BCUT2D eigenvalue weighted by Gasteiger charge is -2.46. The van der Waals surface area contributed by atoms with Gasteiger partial charge in [0.25, 0.3) is 5.91 Å². The molecule has 6 nitrogen and oxygen atoms in total. The van der Waals surface area contributed by atoms with Crippen LogP contribution in [0.5, 0.6) is 0 Å². The van der Waals surface area contributed by atoms with E-state index in [0.717, 1.165) is 4.76 Å². The number of carbonyl (C=O) groups excluding carboxylic acids is 1. The van der Waals surface area contributed by atoms with Crippen LogP contribution in [0.2, 0.25) is 0 Å². The van der Waals surface area contributed by atoms with Crippen molar-refractivity contribution in [1.29, 1.82) is 0 Å². The summed E-state index contributed by atoms with van der Waals surface area (Å²) in [6, 6.07) is 5.09. The van der Waals surface area contributed by atoms with Crippen molar-refractivity contribution in [3.63, 3.8) is 0 Å². The van der Waals surface area contributed by atoms with Gasteiger partial charge in [0, 0.05) is 40.4 Å². The van der Waals surface area contributed by atoms with Crippen molar-refractivity contribution in [1.82, 2.24) is 4.90 Å². The fraction of sp³-hybridized carbons (Fsp3) is 0.462. The summed E-state index contributed by atoms with van der Waals surface area (Å²) >= 11 is 0. The molecule has 0 aliphatic carbocycles. The van der Waals surface area contributed by atoms with Crippen LogP contribution < -0.4 is 10.8 Å². The molecule has 2 heterocycles. The van der Waals surface area contributed by atoms with Crippen LogP contribution >= 0.6 is 0 Å². The number of hydrogen-bond acceptors (Lipinski definition) is 4. The highest BCUT2D eigenvalue weighted by Crippen LogP contribution is 2.33. The minimum absolute atomic E-state index is 0.174. The average Bonchev–Trinajstić information content (AvgIpc) is 2.69. The number of rotatable bonds is 1. The molecule has 2 aliphatic rings. The molecule has 1 unspecified atom stereocenters. The van der Waals surface area contributed by atoms with E-state index in [-0.39, 0.29) is 19.0 Å². The Balaban J connectivity index is 1.95. The van der Waals surface area contributed by atoms with E-state index >= 15 is 0 Å². The molecular weight excluding hydrogens is 246 g/mol. The first-order chi connectivity index (χ1) is 9.01. The Bertz CT molecular complexity index is 572. The molecule has 1 aromatic carbocycles. The van der Waals surface area contributed by atoms with Crippen molar-refractivity contribution in [3.8, 4) is 0 Å². The fourth-order valence-electron chi connectivity index (χ4n) is 2.87. The molecule has 1 fully saturated rings. The van der Waals surface area contributed by atoms with Crippen LogP contribution in [-0.4, -0.2) is 34.4 Å². The molecule has 2 N–H and O–H groups in total. The van der Waals surface area contributed by atoms with E-state index in [0.29, 0.717) is 36.2 Å². The first-order valence-corrected chi connectivity index (χ1v) is 6.33. The molecule has 100 valence electrons. The number of amides is 1. The van der Waals surface area contributed by atoms with Crippen LogP contribution in [0.3, 0.4) is 0 Å². The van der Waals surface area contributed by atoms with Gasteiger partial charge >= 0.3 is 0 Å². The number of nitrogen functional groups attached to an aromatic ring is 1. The molecule has 0 aromatic heterocycles. The maximum Gasteiger partial charge on any atom is 0.254 e. The third-order valence-electron chi connectivity index (χ3n) is 3.89. The third kappa shape index (κ3) is 1.79. The summed E-state index contributed by atoms with van der Waals surface area (Å²) in [4.78, 5) is 25.0. The van der Waals surface area contributed by atoms with Crippen molar-refractivity contribution >= 4 is 11.6 Å². The van der Waals surface area contributed by atoms with Gasteiger partial charge in [-0.15, -0.1) is 0 Å². The fourth-order valence-corrected chi connectivity index (χ4v) is 2.87. The van der Waals surface area contributed by atoms with Gasteiger partial charge in [0.15, 0.2) is 13.1 Å². The normalized spacial score (nSPS) is 26.7. The monoisotopic (exact) mass is 261 g/mol. The topological polar surface area (TPSA) is 89.5 Å². The first-order valence-electron chi connectivity index (χ1n) is 6.33. The Morgan fingerprint density at radius 2 is 2.21 bits per heavy atom. The Morgan fingerprint density at radius 1 is 1.42 bits per heavy atom. The van der Waals surface area contributed by atoms with E-state index in [1.165, 1.54) is 4.90 Å². The Labute approximate surface area is 110 Å². The lowest BCUT2D eigenvalue weighted by molar-refractivity contribution is -0.648. The second-order valence-electron chi connectivity index (χ2n) is 5.18. The number of nitrogens with two attached hydrogens (primary N) is 1. The zero-order chi connectivity index (χ0) is 13.6. The molecule has 19 heavy (non-hydrogen) atoms. The quantitative estimate of drug-likeness (QED) is 0.562. The van der Waals surface area contributed by atoms with E-state index in [1.54, 1.807) is 18.2 Å². The summed E-state index contributed by atoms with van der Waals surface area (Å²) in [7, 11) is 0. The van der Waals surface area contributed by atoms with Crippen molar-refractivity contribution in [2.24, 2.45) is 0 Å². The van der Waals surface area contributed by atoms with Crippen molar-refractivity contribution < 1.29 is 14.7 Å². The third-order valence-corrected chi connectivity index (χ3v) is 3.89. The summed E-state index contributed by atoms with van der Waals surface area (Å²) in [5, 5.41) is 12.7. The molecule has 3 rings (SSSR count). The van der Waals surface area contributed by atoms with Crippen LogP contribution in [0, 0.1) is 4.91 Å². The van der Waals surface area contributed by atoms with Crippen LogP contribution in [0.25, 0.3) is 0 Å². The molecular formula is C13H15N3O3. The highest BCUT2D eigenvalue weighted by molar-refractivity contribution is 6.00. The van der Waals surface area contributed by atoms with E-state index in [4.69, 9.17) is 5.73 Å². The van der Waals surface area contributed by atoms with Crippen molar-refractivity contribution in [2.45, 2.75) is 25.1 Å². The largest absolute Gasteiger partial charge is 0.829 e. The number of anilines is 1. The second kappa shape index (κ2) is 4.03. The number of fused-ring (bicyclic) bond motifs is 1. The lowest BCUT2D eigenvalue weighted by atomic mass is 10.0. The molecule has 0 spiro atoms. The van der Waals surface area contributed by atoms with Crippen molar-refractivity contribution in [2.75, 3.05) is 18.8 Å². The van der Waals surface area contributed by atoms with Gasteiger partial charge in [0.2, 0.25) is 0 Å². The maximum absolute atomic E-state index is 12.7. The van der Waals surface area contributed by atoms with Gasteiger partial charge in [-0.05, 0) is 23.3 Å². The number of carbonyl (C=O) groups is 1. The number of nitrogens with zero attached hydrogens (tertiary/aromatic N) is 2. The van der Waals surface area contributed by atoms with Gasteiger partial charge in [0.1, 0.15) is 0 Å². The molecule has 6 heteroatoms. The Hall–Kier alpha value is -1.95. The standard InChI is InChI=1S/C13H15N3O3/c14-11-4-1-3-9-10(11)7-16(12(9)17)13(18)5-2-6-15(19)8-13/h1,3-4H,2,5-8,14H2. The van der Waals surface area contributed by atoms with E-state index in [9.17, 15) is 14.8 Å². The van der Waals surface area contributed by atoms with Crippen LogP contribution in [0.4, 0.5) is 5.69 Å². The number of hydrogen-bond donors (Lipinski definition) is 1. The maximum atomic E-state index is 12.7. The van der Waals surface area contributed by atoms with Gasteiger partial charge in [-0.1, -0.05) is 6.07 Å². The number of piperidine rings is 1. The molecule has 1 aromatic rings. The molecule has 1 amide bonds. The van der Waals surface area contributed by atoms with E-state index in [1.807, 2.05) is 0 Å². The molecule has 1 saturated heterocycles. The summed E-state index contributed by atoms with van der Waals surface area (Å²) in [5.41, 5.74) is 5.91. The summed E-state index contributed by atoms with van der Waals surface area (Å²) in [6.07, 6.45) is 0.827. The zero-order valence-corrected chi connectivity index (χ0v) is 10.5. The van der Waals surface area contributed by atoms with Gasteiger partial charge in [-0.3, -0.25) is 4.79 Å². The van der Waals surface area contributed by atoms with Gasteiger partial charge < -0.3 is 15.7 Å². The second-order valence-corrected chi connectivity index (χ2v) is 5.18. The first kappa shape index (κ1) is 12.1.